The van der Waals surface area contributed by atoms with E-state index in [1.54, 1.807) is 64.2 Å². The largest absolute Gasteiger partial charge is 0.491 e. The third kappa shape index (κ3) is 8.41. The first kappa shape index (κ1) is 31.3. The summed E-state index contributed by atoms with van der Waals surface area (Å²) in [7, 11) is -0.512. The standard InChI is InChI=1S/C29H39FN2O7S/c1-28(2,3)39-27(34)32(4)15-16-38-25-10-8-7-9-22(25)23-17-20(11-12-24(23)30)18-29(26(33)37-5)14-13-21(19-29)31-40(6,35)36/h7-12,17,21,31H,13-16,18-19H2,1-6H3/t21-,29+/m0/s1. The van der Waals surface area contributed by atoms with Crippen LogP contribution in [0, 0.1) is 11.2 Å². The molecule has 1 saturated carbocycles. The molecule has 40 heavy (non-hydrogen) atoms. The number of esters is 1. The van der Waals surface area contributed by atoms with Crippen molar-refractivity contribution in [3.63, 3.8) is 0 Å². The Morgan fingerprint density at radius 2 is 1.85 bits per heavy atom. The van der Waals surface area contributed by atoms with E-state index in [4.69, 9.17) is 14.2 Å². The van der Waals surface area contributed by atoms with Crippen molar-refractivity contribution in [2.75, 3.05) is 33.6 Å². The SMILES string of the molecule is COC(=O)[C@@]1(Cc2ccc(F)c(-c3ccccc3OCCN(C)C(=O)OC(C)(C)C)c2)CC[C@H](NS(C)(=O)=O)C1. The second kappa shape index (κ2) is 12.6. The number of sulfonamides is 1. The van der Waals surface area contributed by atoms with Gasteiger partial charge in [-0.3, -0.25) is 4.79 Å². The van der Waals surface area contributed by atoms with Crippen LogP contribution in [0.2, 0.25) is 0 Å². The molecule has 1 aliphatic rings. The minimum absolute atomic E-state index is 0.161. The van der Waals surface area contributed by atoms with Crippen molar-refractivity contribution in [3.05, 3.63) is 53.8 Å². The topological polar surface area (TPSA) is 111 Å². The molecule has 0 heterocycles. The number of amides is 1. The first-order valence-electron chi connectivity index (χ1n) is 13.1. The number of nitrogens with one attached hydrogen (secondary N) is 1. The minimum Gasteiger partial charge on any atom is -0.491 e. The van der Waals surface area contributed by atoms with Gasteiger partial charge in [0.05, 0.1) is 25.3 Å². The molecule has 0 spiro atoms. The van der Waals surface area contributed by atoms with Gasteiger partial charge in [0.1, 0.15) is 23.8 Å². The first-order chi connectivity index (χ1) is 18.6. The number of methoxy groups -OCH3 is 1. The maximum absolute atomic E-state index is 15.1. The van der Waals surface area contributed by atoms with E-state index in [1.165, 1.54) is 18.1 Å². The van der Waals surface area contributed by atoms with E-state index >= 15 is 4.39 Å². The van der Waals surface area contributed by atoms with Crippen molar-refractivity contribution in [2.45, 2.75) is 58.1 Å². The molecular weight excluding hydrogens is 539 g/mol. The Morgan fingerprint density at radius 3 is 2.50 bits per heavy atom. The number of halogens is 1. The highest BCUT2D eigenvalue weighted by Crippen LogP contribution is 2.43. The van der Waals surface area contributed by atoms with E-state index in [2.05, 4.69) is 4.72 Å². The number of benzene rings is 2. The molecule has 0 bridgehead atoms. The van der Waals surface area contributed by atoms with Gasteiger partial charge < -0.3 is 19.1 Å². The molecule has 9 nitrogen and oxygen atoms in total. The van der Waals surface area contributed by atoms with Gasteiger partial charge in [0.2, 0.25) is 10.0 Å². The van der Waals surface area contributed by atoms with Gasteiger partial charge in [-0.05, 0) is 70.2 Å². The van der Waals surface area contributed by atoms with Gasteiger partial charge in [-0.15, -0.1) is 0 Å². The molecule has 11 heteroatoms. The van der Waals surface area contributed by atoms with E-state index in [-0.39, 0.29) is 32.0 Å². The Labute approximate surface area is 236 Å². The van der Waals surface area contributed by atoms with Gasteiger partial charge in [-0.25, -0.2) is 22.3 Å². The number of likely N-dealkylation sites (N-methyl/N-ethyl adjacent to an activating group) is 1. The lowest BCUT2D eigenvalue weighted by molar-refractivity contribution is -0.152. The molecule has 3 rings (SSSR count). The van der Waals surface area contributed by atoms with Crippen LogP contribution in [-0.4, -0.2) is 70.6 Å². The molecule has 0 unspecified atom stereocenters. The summed E-state index contributed by atoms with van der Waals surface area (Å²) in [5.74, 6) is -0.438. The van der Waals surface area contributed by atoms with E-state index in [0.29, 0.717) is 35.3 Å². The average Bonchev–Trinajstić information content (AvgIpc) is 3.25. The second-order valence-electron chi connectivity index (χ2n) is 11.3. The molecule has 220 valence electrons. The summed E-state index contributed by atoms with van der Waals surface area (Å²) in [4.78, 5) is 26.5. The van der Waals surface area contributed by atoms with Crippen molar-refractivity contribution in [2.24, 2.45) is 5.41 Å². The molecule has 0 aromatic heterocycles. The molecule has 0 radical (unpaired) electrons. The summed E-state index contributed by atoms with van der Waals surface area (Å²) in [6.07, 6.45) is 2.09. The van der Waals surface area contributed by atoms with Crippen molar-refractivity contribution in [1.82, 2.24) is 9.62 Å². The Hall–Kier alpha value is -3.18. The molecule has 2 aromatic carbocycles. The zero-order valence-electron chi connectivity index (χ0n) is 24.0. The molecule has 1 amide bonds. The molecule has 1 fully saturated rings. The summed E-state index contributed by atoms with van der Waals surface area (Å²) in [6, 6.07) is 11.3. The lowest BCUT2D eigenvalue weighted by Gasteiger charge is -2.27. The fourth-order valence-electron chi connectivity index (χ4n) is 4.98. The normalized spacial score (nSPS) is 19.2. The number of rotatable bonds is 10. The van der Waals surface area contributed by atoms with Gasteiger partial charge in [-0.2, -0.15) is 0 Å². The van der Waals surface area contributed by atoms with Gasteiger partial charge in [0, 0.05) is 24.2 Å². The van der Waals surface area contributed by atoms with Gasteiger partial charge in [0.25, 0.3) is 0 Å². The maximum atomic E-state index is 15.1. The molecule has 0 saturated heterocycles. The highest BCUT2D eigenvalue weighted by Gasteiger charge is 2.47. The Bertz CT molecular complexity index is 1330. The smallest absolute Gasteiger partial charge is 0.410 e. The van der Waals surface area contributed by atoms with E-state index in [0.717, 1.165) is 6.26 Å². The van der Waals surface area contributed by atoms with Crippen LogP contribution >= 0.6 is 0 Å². The monoisotopic (exact) mass is 578 g/mol. The van der Waals surface area contributed by atoms with Gasteiger partial charge in [0.15, 0.2) is 0 Å². The third-order valence-corrected chi connectivity index (χ3v) is 7.51. The number of ether oxygens (including phenoxy) is 3. The summed E-state index contributed by atoms with van der Waals surface area (Å²) in [5.41, 5.74) is -0.0121. The number of carbonyl (C=O) groups is 2. The summed E-state index contributed by atoms with van der Waals surface area (Å²) in [6.45, 7) is 5.79. The van der Waals surface area contributed by atoms with E-state index in [9.17, 15) is 18.0 Å². The molecule has 0 aliphatic heterocycles. The molecule has 1 N–H and O–H groups in total. The van der Waals surface area contributed by atoms with Crippen LogP contribution in [0.4, 0.5) is 9.18 Å². The Balaban J connectivity index is 1.80. The third-order valence-electron chi connectivity index (χ3n) is 6.75. The van der Waals surface area contributed by atoms with E-state index < -0.39 is 38.9 Å². The lowest BCUT2D eigenvalue weighted by Crippen LogP contribution is -2.37. The van der Waals surface area contributed by atoms with Crippen molar-refractivity contribution in [3.8, 4) is 16.9 Å². The predicted molar refractivity (Wildman–Crippen MR) is 150 cm³/mol. The van der Waals surface area contributed by atoms with Crippen LogP contribution in [0.25, 0.3) is 11.1 Å². The molecule has 1 aliphatic carbocycles. The molecular formula is C29H39FN2O7S. The average molecular weight is 579 g/mol. The Kier molecular flexibility index (Phi) is 9.84. The predicted octanol–water partition coefficient (Wildman–Crippen LogP) is 4.54. The van der Waals surface area contributed by atoms with Crippen molar-refractivity contribution < 1.29 is 36.6 Å². The van der Waals surface area contributed by atoms with Crippen LogP contribution in [0.1, 0.15) is 45.6 Å². The highest BCUT2D eigenvalue weighted by atomic mass is 32.2. The zero-order valence-corrected chi connectivity index (χ0v) is 24.8. The minimum atomic E-state index is -3.44. The van der Waals surface area contributed by atoms with Gasteiger partial charge in [-0.1, -0.05) is 24.3 Å². The summed E-state index contributed by atoms with van der Waals surface area (Å²) in [5, 5.41) is 0. The van der Waals surface area contributed by atoms with Gasteiger partial charge >= 0.3 is 12.1 Å². The highest BCUT2D eigenvalue weighted by molar-refractivity contribution is 7.88. The van der Waals surface area contributed by atoms with Crippen LogP contribution in [0.3, 0.4) is 0 Å². The van der Waals surface area contributed by atoms with Crippen molar-refractivity contribution >= 4 is 22.1 Å². The maximum Gasteiger partial charge on any atom is 0.410 e. The van der Waals surface area contributed by atoms with Crippen molar-refractivity contribution in [1.29, 1.82) is 0 Å². The number of nitrogens with zero attached hydrogens (tertiary/aromatic N) is 1. The quantitative estimate of drug-likeness (QED) is 0.412. The van der Waals surface area contributed by atoms with E-state index in [1.807, 2.05) is 0 Å². The Morgan fingerprint density at radius 1 is 1.15 bits per heavy atom. The van der Waals surface area contributed by atoms with Crippen LogP contribution < -0.4 is 9.46 Å². The summed E-state index contributed by atoms with van der Waals surface area (Å²) >= 11 is 0. The lowest BCUT2D eigenvalue weighted by atomic mass is 9.79. The first-order valence-corrected chi connectivity index (χ1v) is 15.0. The molecule has 2 aromatic rings. The number of hydrogen-bond donors (Lipinski definition) is 1. The summed E-state index contributed by atoms with van der Waals surface area (Å²) < 4.78 is 57.7. The number of hydrogen-bond acceptors (Lipinski definition) is 7. The molecule has 2 atom stereocenters. The second-order valence-corrected chi connectivity index (χ2v) is 13.1. The fraction of sp³-hybridized carbons (Fsp3) is 0.517. The number of para-hydroxylation sites is 1. The van der Waals surface area contributed by atoms with Crippen LogP contribution in [-0.2, 0) is 30.7 Å². The number of carbonyl (C=O) groups excluding carboxylic acids is 2. The fourth-order valence-corrected chi connectivity index (χ4v) is 5.79. The van der Waals surface area contributed by atoms with Crippen LogP contribution in [0.5, 0.6) is 5.75 Å². The zero-order chi connectivity index (χ0) is 29.7. The van der Waals surface area contributed by atoms with Crippen LogP contribution in [0.15, 0.2) is 42.5 Å².